The summed E-state index contributed by atoms with van der Waals surface area (Å²) < 4.78 is 48.8. The number of rotatable bonds is 8. The molecule has 0 aliphatic heterocycles. The maximum Gasteiger partial charge on any atom is 0.491 e. The summed E-state index contributed by atoms with van der Waals surface area (Å²) in [5, 5.41) is 2.50. The summed E-state index contributed by atoms with van der Waals surface area (Å²) in [4.78, 5) is 29.2. The number of anilines is 2. The number of hydrogen-bond acceptors (Lipinski definition) is 4. The zero-order valence-corrected chi connectivity index (χ0v) is 20.4. The van der Waals surface area contributed by atoms with Crippen molar-refractivity contribution in [2.75, 3.05) is 16.8 Å². The number of carbonyl (C=O) groups is 2. The van der Waals surface area contributed by atoms with Crippen LogP contribution in [0.4, 0.5) is 24.5 Å². The van der Waals surface area contributed by atoms with Gasteiger partial charge in [0.25, 0.3) is 5.91 Å². The van der Waals surface area contributed by atoms with Gasteiger partial charge in [0.15, 0.2) is 0 Å². The Kier molecular flexibility index (Phi) is 8.06. The van der Waals surface area contributed by atoms with Crippen molar-refractivity contribution >= 4 is 23.2 Å². The average Bonchev–Trinajstić information content (AvgIpc) is 2.90. The summed E-state index contributed by atoms with van der Waals surface area (Å²) in [5.74, 6) is -1.59. The molecule has 0 radical (unpaired) electrons. The fourth-order valence-corrected chi connectivity index (χ4v) is 3.92. The lowest BCUT2D eigenvalue weighted by Gasteiger charge is -2.27. The number of nitrogens with one attached hydrogen (secondary N) is 1. The van der Waals surface area contributed by atoms with Gasteiger partial charge in [-0.05, 0) is 47.5 Å². The van der Waals surface area contributed by atoms with Gasteiger partial charge >= 0.3 is 6.30 Å². The van der Waals surface area contributed by atoms with Crippen molar-refractivity contribution in [3.63, 3.8) is 0 Å². The molecule has 1 aromatic heterocycles. The van der Waals surface area contributed by atoms with Crippen LogP contribution in [0.25, 0.3) is 11.1 Å². The van der Waals surface area contributed by atoms with Crippen LogP contribution >= 0.6 is 0 Å². The van der Waals surface area contributed by atoms with Gasteiger partial charge in [-0.25, -0.2) is 4.90 Å². The molecule has 0 unspecified atom stereocenters. The van der Waals surface area contributed by atoms with Crippen molar-refractivity contribution in [2.24, 2.45) is 0 Å². The fraction of sp³-hybridized carbons (Fsp3) is 0.138. The van der Waals surface area contributed by atoms with Gasteiger partial charge < -0.3 is 10.1 Å². The average molecular weight is 520 g/mol. The molecule has 194 valence electrons. The Morgan fingerprint density at radius 2 is 1.63 bits per heavy atom. The third kappa shape index (κ3) is 6.36. The van der Waals surface area contributed by atoms with Crippen LogP contribution in [0, 0.1) is 0 Å². The van der Waals surface area contributed by atoms with E-state index in [2.05, 4.69) is 10.3 Å². The predicted molar refractivity (Wildman–Crippen MR) is 139 cm³/mol. The van der Waals surface area contributed by atoms with Crippen molar-refractivity contribution in [3.8, 4) is 16.9 Å². The van der Waals surface area contributed by atoms with Crippen LogP contribution in [-0.2, 0) is 11.2 Å². The van der Waals surface area contributed by atoms with Crippen molar-refractivity contribution in [1.29, 1.82) is 0 Å². The van der Waals surface area contributed by atoms with Gasteiger partial charge in [0, 0.05) is 30.8 Å². The zero-order valence-electron chi connectivity index (χ0n) is 20.4. The minimum Gasteiger partial charge on any atom is -0.491 e. The number of nitrogens with zero attached hydrogens (tertiary/aromatic N) is 2. The first-order valence-corrected chi connectivity index (χ1v) is 11.7. The van der Waals surface area contributed by atoms with Crippen LogP contribution in [0.15, 0.2) is 97.2 Å². The molecule has 6 nitrogen and oxygen atoms in total. The van der Waals surface area contributed by atoms with Gasteiger partial charge in [0.05, 0.1) is 18.0 Å². The molecule has 38 heavy (non-hydrogen) atoms. The standard InChI is InChI=1S/C29H24F3N3O3/c1-20(36)34-26-19-23(14-15-27(26)38-18-16-22-11-7-8-17-33-22)35(29(30,31)32)28(37)25-13-6-5-12-24(25)21-9-3-2-4-10-21/h2-15,17,19H,16,18H2,1H3,(H,34,36). The van der Waals surface area contributed by atoms with Crippen LogP contribution in [0.2, 0.25) is 0 Å². The summed E-state index contributed by atoms with van der Waals surface area (Å²) in [6.45, 7) is 1.41. The molecule has 1 heterocycles. The maximum absolute atomic E-state index is 14.3. The highest BCUT2D eigenvalue weighted by Gasteiger charge is 2.43. The van der Waals surface area contributed by atoms with Gasteiger partial charge in [-0.2, -0.15) is 0 Å². The Hall–Kier alpha value is -4.66. The SMILES string of the molecule is CC(=O)Nc1cc(N(C(=O)c2ccccc2-c2ccccc2)C(F)(F)F)ccc1OCCc1ccccn1. The molecule has 0 bridgehead atoms. The number of carbonyl (C=O) groups excluding carboxylic acids is 2. The highest BCUT2D eigenvalue weighted by Crippen LogP contribution is 2.37. The molecule has 9 heteroatoms. The topological polar surface area (TPSA) is 71.5 Å². The highest BCUT2D eigenvalue weighted by atomic mass is 19.4. The lowest BCUT2D eigenvalue weighted by atomic mass is 9.98. The Morgan fingerprint density at radius 3 is 2.32 bits per heavy atom. The Labute approximate surface area is 217 Å². The van der Waals surface area contributed by atoms with Crippen molar-refractivity contribution < 1.29 is 27.5 Å². The molecule has 4 aromatic rings. The lowest BCUT2D eigenvalue weighted by Crippen LogP contribution is -2.43. The van der Waals surface area contributed by atoms with Crippen LogP contribution in [0.5, 0.6) is 5.75 Å². The molecule has 3 aromatic carbocycles. The molecule has 0 aliphatic rings. The molecular weight excluding hydrogens is 495 g/mol. The van der Waals surface area contributed by atoms with E-state index in [9.17, 15) is 22.8 Å². The van der Waals surface area contributed by atoms with E-state index >= 15 is 0 Å². The quantitative estimate of drug-likeness (QED) is 0.270. The van der Waals surface area contributed by atoms with Gasteiger partial charge in [0.1, 0.15) is 5.75 Å². The minimum atomic E-state index is -5.05. The number of pyridine rings is 1. The molecule has 0 saturated carbocycles. The molecule has 0 spiro atoms. The van der Waals surface area contributed by atoms with E-state index in [1.54, 1.807) is 54.7 Å². The Morgan fingerprint density at radius 1 is 0.921 bits per heavy atom. The highest BCUT2D eigenvalue weighted by molar-refractivity contribution is 6.11. The number of benzene rings is 3. The Balaban J connectivity index is 1.68. The van der Waals surface area contributed by atoms with Crippen LogP contribution in [-0.4, -0.2) is 29.7 Å². The Bertz CT molecular complexity index is 1410. The summed E-state index contributed by atoms with van der Waals surface area (Å²) in [7, 11) is 0. The van der Waals surface area contributed by atoms with Crippen molar-refractivity contribution in [3.05, 3.63) is 108 Å². The number of amides is 2. The molecule has 2 amide bonds. The van der Waals surface area contributed by atoms with E-state index in [-0.39, 0.29) is 28.5 Å². The van der Waals surface area contributed by atoms with Crippen LogP contribution in [0.1, 0.15) is 23.0 Å². The largest absolute Gasteiger partial charge is 0.491 e. The molecule has 0 saturated heterocycles. The first kappa shape index (κ1) is 26.4. The van der Waals surface area contributed by atoms with Crippen molar-refractivity contribution in [1.82, 2.24) is 4.98 Å². The first-order chi connectivity index (χ1) is 18.2. The van der Waals surface area contributed by atoms with Crippen LogP contribution < -0.4 is 15.0 Å². The molecule has 0 atom stereocenters. The molecule has 1 N–H and O–H groups in total. The first-order valence-electron chi connectivity index (χ1n) is 11.7. The second-order valence-electron chi connectivity index (χ2n) is 8.30. The predicted octanol–water partition coefficient (Wildman–Crippen LogP) is 6.50. The number of alkyl halides is 3. The smallest absolute Gasteiger partial charge is 0.491 e. The zero-order chi connectivity index (χ0) is 27.1. The van der Waals surface area contributed by atoms with Crippen LogP contribution in [0.3, 0.4) is 0 Å². The fourth-order valence-electron chi connectivity index (χ4n) is 3.92. The number of halogens is 3. The normalized spacial score (nSPS) is 11.1. The van der Waals surface area contributed by atoms with E-state index in [1.807, 2.05) is 12.1 Å². The molecule has 4 rings (SSSR count). The number of aromatic nitrogens is 1. The third-order valence-corrected chi connectivity index (χ3v) is 5.57. The lowest BCUT2D eigenvalue weighted by molar-refractivity contribution is -0.122. The van der Waals surface area contributed by atoms with E-state index in [1.165, 1.54) is 25.1 Å². The summed E-state index contributed by atoms with van der Waals surface area (Å²) in [6, 6.07) is 23.8. The summed E-state index contributed by atoms with van der Waals surface area (Å²) >= 11 is 0. The van der Waals surface area contributed by atoms with Gasteiger partial charge in [0.2, 0.25) is 5.91 Å². The third-order valence-electron chi connectivity index (χ3n) is 5.57. The van der Waals surface area contributed by atoms with Crippen molar-refractivity contribution in [2.45, 2.75) is 19.6 Å². The number of ether oxygens (including phenoxy) is 1. The van der Waals surface area contributed by atoms with Gasteiger partial charge in [-0.3, -0.25) is 14.6 Å². The van der Waals surface area contributed by atoms with Gasteiger partial charge in [-0.1, -0.05) is 54.6 Å². The van der Waals surface area contributed by atoms with Gasteiger partial charge in [-0.15, -0.1) is 13.2 Å². The summed E-state index contributed by atoms with van der Waals surface area (Å²) in [6.07, 6.45) is -2.95. The molecular formula is C29H24F3N3O3. The maximum atomic E-state index is 14.3. The summed E-state index contributed by atoms with van der Waals surface area (Å²) in [5.41, 5.74) is 1.17. The van der Waals surface area contributed by atoms with E-state index in [0.29, 0.717) is 17.5 Å². The minimum absolute atomic E-state index is 0.00872. The second kappa shape index (κ2) is 11.6. The molecule has 0 fully saturated rings. The van der Waals surface area contributed by atoms with E-state index < -0.39 is 23.8 Å². The van der Waals surface area contributed by atoms with E-state index in [4.69, 9.17) is 4.74 Å². The monoisotopic (exact) mass is 519 g/mol. The van der Waals surface area contributed by atoms with E-state index in [0.717, 1.165) is 17.8 Å². The molecule has 0 aliphatic carbocycles. The number of hydrogen-bond donors (Lipinski definition) is 1. The second-order valence-corrected chi connectivity index (χ2v) is 8.30.